The zero-order valence-corrected chi connectivity index (χ0v) is 10.1. The first-order valence-electron chi connectivity index (χ1n) is 5.08. The van der Waals surface area contributed by atoms with E-state index in [1.54, 1.807) is 14.0 Å². The molecule has 0 spiro atoms. The van der Waals surface area contributed by atoms with Crippen molar-refractivity contribution in [1.29, 1.82) is 0 Å². The fraction of sp³-hybridized carbons (Fsp3) is 0.214. The van der Waals surface area contributed by atoms with Crippen molar-refractivity contribution >= 4 is 11.5 Å². The zero-order chi connectivity index (χ0) is 12.7. The van der Waals surface area contributed by atoms with Gasteiger partial charge in [-0.25, -0.2) is 4.79 Å². The maximum atomic E-state index is 11.2. The molecule has 0 saturated carbocycles. The molecule has 0 radical (unpaired) electrons. The predicted molar refractivity (Wildman–Crippen MR) is 66.4 cm³/mol. The molecule has 0 aliphatic rings. The highest BCUT2D eigenvalue weighted by Gasteiger charge is 2.03. The molecule has 3 heteroatoms. The Morgan fingerprint density at radius 3 is 2.35 bits per heavy atom. The number of hydrogen-bond acceptors (Lipinski definition) is 3. The Bertz CT molecular complexity index is 472. The molecule has 0 heterocycles. The minimum Gasteiger partial charge on any atom is -0.497 e. The van der Waals surface area contributed by atoms with Crippen molar-refractivity contribution in [2.24, 2.45) is 0 Å². The molecular formula is C14H14O3. The summed E-state index contributed by atoms with van der Waals surface area (Å²) in [5, 5.41) is 0. The molecule has 3 nitrogen and oxygen atoms in total. The number of rotatable bonds is 3. The molecule has 0 fully saturated rings. The zero-order valence-electron chi connectivity index (χ0n) is 10.1. The Morgan fingerprint density at radius 2 is 1.88 bits per heavy atom. The highest BCUT2D eigenvalue weighted by molar-refractivity contribution is 5.96. The van der Waals surface area contributed by atoms with Crippen LogP contribution in [0.1, 0.15) is 12.5 Å². The van der Waals surface area contributed by atoms with E-state index in [0.29, 0.717) is 5.57 Å². The van der Waals surface area contributed by atoms with Gasteiger partial charge in [0.15, 0.2) is 0 Å². The molecule has 0 aliphatic carbocycles. The molecule has 1 aromatic carbocycles. The van der Waals surface area contributed by atoms with Crippen LogP contribution in [0.25, 0.3) is 5.57 Å². The summed E-state index contributed by atoms with van der Waals surface area (Å²) in [5.74, 6) is 5.98. The molecule has 0 atom stereocenters. The van der Waals surface area contributed by atoms with Gasteiger partial charge < -0.3 is 9.47 Å². The summed E-state index contributed by atoms with van der Waals surface area (Å²) in [5.41, 5.74) is 1.48. The highest BCUT2D eigenvalue weighted by Crippen LogP contribution is 2.18. The number of carbonyl (C=O) groups is 1. The van der Waals surface area contributed by atoms with Crippen LogP contribution in [0.2, 0.25) is 0 Å². The third-order valence-corrected chi connectivity index (χ3v) is 2.12. The van der Waals surface area contributed by atoms with Crippen molar-refractivity contribution in [3.63, 3.8) is 0 Å². The highest BCUT2D eigenvalue weighted by atomic mass is 16.5. The Balaban J connectivity index is 3.08. The molecule has 0 saturated heterocycles. The smallest absolute Gasteiger partial charge is 0.331 e. The van der Waals surface area contributed by atoms with Gasteiger partial charge in [0.05, 0.1) is 14.2 Å². The lowest BCUT2D eigenvalue weighted by Crippen LogP contribution is -1.96. The molecule has 17 heavy (non-hydrogen) atoms. The largest absolute Gasteiger partial charge is 0.497 e. The number of methoxy groups -OCH3 is 2. The summed E-state index contributed by atoms with van der Waals surface area (Å²) in [6, 6.07) is 7.32. The number of esters is 1. The number of ether oxygens (including phenoxy) is 2. The normalized spacial score (nSPS) is 10.2. The number of benzene rings is 1. The van der Waals surface area contributed by atoms with Gasteiger partial charge in [-0.2, -0.15) is 0 Å². The Hall–Kier alpha value is -2.21. The van der Waals surface area contributed by atoms with Crippen LogP contribution in [0.15, 0.2) is 30.3 Å². The van der Waals surface area contributed by atoms with Gasteiger partial charge in [0, 0.05) is 11.6 Å². The lowest BCUT2D eigenvalue weighted by Gasteiger charge is -2.03. The van der Waals surface area contributed by atoms with Crippen LogP contribution in [-0.4, -0.2) is 20.2 Å². The van der Waals surface area contributed by atoms with Crippen LogP contribution in [-0.2, 0) is 9.53 Å². The summed E-state index contributed by atoms with van der Waals surface area (Å²) in [6.45, 7) is 1.72. The van der Waals surface area contributed by atoms with E-state index in [9.17, 15) is 4.79 Å². The van der Waals surface area contributed by atoms with Crippen molar-refractivity contribution < 1.29 is 14.3 Å². The first-order chi connectivity index (χ1) is 8.21. The predicted octanol–water partition coefficient (Wildman–Crippen LogP) is 2.27. The summed E-state index contributed by atoms with van der Waals surface area (Å²) < 4.78 is 9.65. The fourth-order valence-corrected chi connectivity index (χ4v) is 1.27. The van der Waals surface area contributed by atoms with Gasteiger partial charge in [-0.05, 0) is 24.6 Å². The lowest BCUT2D eigenvalue weighted by atomic mass is 10.1. The second-order valence-electron chi connectivity index (χ2n) is 3.18. The van der Waals surface area contributed by atoms with Gasteiger partial charge >= 0.3 is 5.97 Å². The van der Waals surface area contributed by atoms with Crippen LogP contribution in [0.3, 0.4) is 0 Å². The quantitative estimate of drug-likeness (QED) is 0.454. The molecule has 1 aromatic rings. The molecular weight excluding hydrogens is 216 g/mol. The van der Waals surface area contributed by atoms with Crippen LogP contribution in [0, 0.1) is 11.8 Å². The van der Waals surface area contributed by atoms with Gasteiger partial charge in [0.1, 0.15) is 5.75 Å². The second-order valence-corrected chi connectivity index (χ2v) is 3.18. The number of hydrogen-bond donors (Lipinski definition) is 0. The van der Waals surface area contributed by atoms with Crippen molar-refractivity contribution in [2.45, 2.75) is 6.92 Å². The van der Waals surface area contributed by atoms with Gasteiger partial charge in [-0.15, -0.1) is 5.92 Å². The minimum atomic E-state index is -0.418. The molecule has 0 aromatic heterocycles. The molecule has 0 unspecified atom stereocenters. The van der Waals surface area contributed by atoms with E-state index in [-0.39, 0.29) is 0 Å². The number of allylic oxidation sites excluding steroid dienone is 1. The summed E-state index contributed by atoms with van der Waals surface area (Å²) in [7, 11) is 2.94. The Labute approximate surface area is 101 Å². The topological polar surface area (TPSA) is 35.5 Å². The van der Waals surface area contributed by atoms with Gasteiger partial charge in [-0.1, -0.05) is 18.1 Å². The van der Waals surface area contributed by atoms with E-state index >= 15 is 0 Å². The standard InChI is InChI=1S/C14H14O3/c1-4-5-12(10-14(15)17-3)11-6-8-13(16-2)9-7-11/h6-10H,1-3H3/b12-10+. The van der Waals surface area contributed by atoms with E-state index in [1.165, 1.54) is 13.2 Å². The number of carbonyl (C=O) groups excluding carboxylic acids is 1. The maximum absolute atomic E-state index is 11.2. The van der Waals surface area contributed by atoms with Crippen molar-refractivity contribution in [3.05, 3.63) is 35.9 Å². The monoisotopic (exact) mass is 230 g/mol. The third-order valence-electron chi connectivity index (χ3n) is 2.12. The van der Waals surface area contributed by atoms with Crippen LogP contribution < -0.4 is 4.74 Å². The fourth-order valence-electron chi connectivity index (χ4n) is 1.27. The second kappa shape index (κ2) is 6.39. The summed E-state index contributed by atoms with van der Waals surface area (Å²) in [6.07, 6.45) is 1.37. The van der Waals surface area contributed by atoms with Crippen molar-refractivity contribution in [1.82, 2.24) is 0 Å². The van der Waals surface area contributed by atoms with Crippen molar-refractivity contribution in [2.75, 3.05) is 14.2 Å². The third kappa shape index (κ3) is 3.69. The average Bonchev–Trinajstić information content (AvgIpc) is 2.38. The summed E-state index contributed by atoms with van der Waals surface area (Å²) >= 11 is 0. The Kier molecular flexibility index (Phi) is 4.83. The van der Waals surface area contributed by atoms with Crippen LogP contribution in [0.4, 0.5) is 0 Å². The van der Waals surface area contributed by atoms with Gasteiger partial charge in [-0.3, -0.25) is 0 Å². The molecule has 1 rings (SSSR count). The van der Waals surface area contributed by atoms with Crippen LogP contribution in [0.5, 0.6) is 5.75 Å². The average molecular weight is 230 g/mol. The van der Waals surface area contributed by atoms with E-state index in [4.69, 9.17) is 4.74 Å². The molecule has 88 valence electrons. The molecule has 0 bridgehead atoms. The van der Waals surface area contributed by atoms with E-state index in [0.717, 1.165) is 11.3 Å². The van der Waals surface area contributed by atoms with E-state index in [2.05, 4.69) is 16.6 Å². The van der Waals surface area contributed by atoms with Crippen molar-refractivity contribution in [3.8, 4) is 17.6 Å². The molecule has 0 N–H and O–H groups in total. The minimum absolute atomic E-state index is 0.418. The summed E-state index contributed by atoms with van der Waals surface area (Å²) in [4.78, 5) is 11.2. The van der Waals surface area contributed by atoms with Gasteiger partial charge in [0.25, 0.3) is 0 Å². The first-order valence-corrected chi connectivity index (χ1v) is 5.08. The SMILES string of the molecule is CC#C/C(=C\C(=O)OC)c1ccc(OC)cc1. The van der Waals surface area contributed by atoms with Gasteiger partial charge in [0.2, 0.25) is 0 Å². The molecule has 0 amide bonds. The van der Waals surface area contributed by atoms with Crippen LogP contribution >= 0.6 is 0 Å². The lowest BCUT2D eigenvalue weighted by molar-refractivity contribution is -0.134. The maximum Gasteiger partial charge on any atom is 0.331 e. The first kappa shape index (κ1) is 12.9. The van der Waals surface area contributed by atoms with E-state index in [1.807, 2.05) is 24.3 Å². The molecule has 0 aliphatic heterocycles. The van der Waals surface area contributed by atoms with E-state index < -0.39 is 5.97 Å². The Morgan fingerprint density at radius 1 is 1.24 bits per heavy atom.